The van der Waals surface area contributed by atoms with E-state index in [0.717, 1.165) is 18.2 Å². The predicted octanol–water partition coefficient (Wildman–Crippen LogP) is 4.64. The van der Waals surface area contributed by atoms with Gasteiger partial charge in [-0.15, -0.1) is 0 Å². The lowest BCUT2D eigenvalue weighted by Gasteiger charge is -2.18. The van der Waals surface area contributed by atoms with Crippen LogP contribution in [0, 0.1) is 13.8 Å². The maximum atomic E-state index is 13.8. The van der Waals surface area contributed by atoms with Gasteiger partial charge < -0.3 is 19.9 Å². The first-order valence-corrected chi connectivity index (χ1v) is 10.5. The number of aromatic nitrogens is 5. The molecule has 172 valence electrons. The average molecular weight is 458 g/mol. The van der Waals surface area contributed by atoms with E-state index in [1.807, 2.05) is 0 Å². The molecule has 0 aliphatic heterocycles. The number of pyridine rings is 1. The second-order valence-corrected chi connectivity index (χ2v) is 8.20. The van der Waals surface area contributed by atoms with Crippen LogP contribution in [0.15, 0.2) is 29.0 Å². The Hall–Kier alpha value is -3.47. The molecule has 0 aromatic carbocycles. The number of hydrogen-bond donors (Lipinski definition) is 3. The second-order valence-electron chi connectivity index (χ2n) is 8.20. The summed E-state index contributed by atoms with van der Waals surface area (Å²) in [4.78, 5) is 15.6. The molecule has 1 aliphatic rings. The number of H-pyrrole nitrogens is 1. The lowest BCUT2D eigenvalue weighted by molar-refractivity contribution is -0.137. The molecule has 11 heteroatoms. The topological polar surface area (TPSA) is 113 Å². The summed E-state index contributed by atoms with van der Waals surface area (Å²) in [6.07, 6.45) is -0.839. The van der Waals surface area contributed by atoms with Gasteiger partial charge in [-0.2, -0.15) is 13.2 Å². The molecule has 4 aromatic rings. The number of halogens is 3. The third kappa shape index (κ3) is 3.82. The summed E-state index contributed by atoms with van der Waals surface area (Å²) >= 11 is 0. The fourth-order valence-electron chi connectivity index (χ4n) is 4.33. The number of aryl methyl sites for hydroxylation is 2. The van der Waals surface area contributed by atoms with Gasteiger partial charge in [0.15, 0.2) is 0 Å². The predicted molar refractivity (Wildman–Crippen MR) is 114 cm³/mol. The number of anilines is 1. The molecule has 2 atom stereocenters. The van der Waals surface area contributed by atoms with Crippen LogP contribution in [0.4, 0.5) is 19.1 Å². The average Bonchev–Trinajstić information content (AvgIpc) is 3.46. The summed E-state index contributed by atoms with van der Waals surface area (Å²) in [5.41, 5.74) is 1.48. The fourth-order valence-corrected chi connectivity index (χ4v) is 4.33. The third-order valence-corrected chi connectivity index (χ3v) is 5.97. The molecule has 5 rings (SSSR count). The maximum absolute atomic E-state index is 13.8. The number of nitrogens with one attached hydrogen (secondary N) is 2. The highest BCUT2D eigenvalue weighted by atomic mass is 19.4. The van der Waals surface area contributed by atoms with E-state index in [1.165, 1.54) is 6.20 Å². The molecule has 33 heavy (non-hydrogen) atoms. The minimum Gasteiger partial charge on any atom is -0.391 e. The summed E-state index contributed by atoms with van der Waals surface area (Å²) in [7, 11) is 0. The molecule has 0 radical (unpaired) electrons. The van der Waals surface area contributed by atoms with Gasteiger partial charge >= 0.3 is 6.18 Å². The molecular formula is C22H21F3N6O2. The van der Waals surface area contributed by atoms with Crippen LogP contribution in [0.1, 0.15) is 36.3 Å². The normalized spacial score (nSPS) is 18.8. The van der Waals surface area contributed by atoms with Crippen molar-refractivity contribution in [3.8, 4) is 22.5 Å². The first-order chi connectivity index (χ1) is 15.7. The van der Waals surface area contributed by atoms with Gasteiger partial charge in [-0.3, -0.25) is 0 Å². The Morgan fingerprint density at radius 3 is 2.67 bits per heavy atom. The Morgan fingerprint density at radius 2 is 2.00 bits per heavy atom. The zero-order valence-corrected chi connectivity index (χ0v) is 17.9. The molecule has 0 spiro atoms. The van der Waals surface area contributed by atoms with E-state index in [9.17, 15) is 18.3 Å². The minimum absolute atomic E-state index is 0.0404. The van der Waals surface area contributed by atoms with Crippen LogP contribution in [0.2, 0.25) is 0 Å². The highest BCUT2D eigenvalue weighted by molar-refractivity contribution is 5.94. The Morgan fingerprint density at radius 1 is 1.18 bits per heavy atom. The van der Waals surface area contributed by atoms with E-state index in [1.54, 1.807) is 26.0 Å². The Kier molecular flexibility index (Phi) is 5.08. The number of alkyl halides is 3. The van der Waals surface area contributed by atoms with Crippen LogP contribution < -0.4 is 5.32 Å². The zero-order chi connectivity index (χ0) is 23.3. The lowest BCUT2D eigenvalue weighted by atomic mass is 10.1. The highest BCUT2D eigenvalue weighted by Crippen LogP contribution is 2.39. The Labute approximate surface area is 186 Å². The van der Waals surface area contributed by atoms with Gasteiger partial charge in [0.2, 0.25) is 5.95 Å². The summed E-state index contributed by atoms with van der Waals surface area (Å²) in [6, 6.07) is 3.12. The van der Waals surface area contributed by atoms with Crippen LogP contribution >= 0.6 is 0 Å². The second kappa shape index (κ2) is 7.84. The largest absolute Gasteiger partial charge is 0.419 e. The third-order valence-electron chi connectivity index (χ3n) is 5.97. The molecule has 3 N–H and O–H groups in total. The molecule has 8 nitrogen and oxygen atoms in total. The zero-order valence-electron chi connectivity index (χ0n) is 17.9. The SMILES string of the molecule is Cc1noc(C)c1-c1ccc2c(-c3nc(NC4CCCC4O)ncc3C(F)(F)F)c[nH]c2n1. The van der Waals surface area contributed by atoms with Crippen LogP contribution in [0.5, 0.6) is 0 Å². The van der Waals surface area contributed by atoms with Gasteiger partial charge in [-0.25, -0.2) is 15.0 Å². The van der Waals surface area contributed by atoms with Crippen molar-refractivity contribution in [2.45, 2.75) is 51.4 Å². The minimum atomic E-state index is -4.64. The van der Waals surface area contributed by atoms with E-state index < -0.39 is 17.8 Å². The first-order valence-electron chi connectivity index (χ1n) is 10.5. The van der Waals surface area contributed by atoms with Crippen LogP contribution in [-0.2, 0) is 6.18 Å². The van der Waals surface area contributed by atoms with Crippen molar-refractivity contribution in [3.63, 3.8) is 0 Å². The summed E-state index contributed by atoms with van der Waals surface area (Å²) in [6.45, 7) is 3.57. The van der Waals surface area contributed by atoms with Crippen LogP contribution in [0.3, 0.4) is 0 Å². The van der Waals surface area contributed by atoms with E-state index in [0.29, 0.717) is 41.0 Å². The fraction of sp³-hybridized carbons (Fsp3) is 0.364. The molecule has 4 heterocycles. The molecule has 0 amide bonds. The van der Waals surface area contributed by atoms with Crippen molar-refractivity contribution in [2.75, 3.05) is 5.32 Å². The van der Waals surface area contributed by atoms with Crippen LogP contribution in [-0.4, -0.2) is 42.3 Å². The van der Waals surface area contributed by atoms with Crippen molar-refractivity contribution >= 4 is 17.0 Å². The summed E-state index contributed by atoms with van der Waals surface area (Å²) in [5, 5.41) is 17.4. The lowest BCUT2D eigenvalue weighted by Crippen LogP contribution is -2.29. The molecule has 4 aromatic heterocycles. The Balaban J connectivity index is 1.59. The highest BCUT2D eigenvalue weighted by Gasteiger charge is 2.36. The van der Waals surface area contributed by atoms with Crippen molar-refractivity contribution in [1.82, 2.24) is 25.1 Å². The van der Waals surface area contributed by atoms with Crippen molar-refractivity contribution < 1.29 is 22.8 Å². The van der Waals surface area contributed by atoms with Gasteiger partial charge in [-0.05, 0) is 45.2 Å². The van der Waals surface area contributed by atoms with Gasteiger partial charge in [0.05, 0.1) is 34.8 Å². The number of aliphatic hydroxyl groups is 1. The van der Waals surface area contributed by atoms with Gasteiger partial charge in [0.25, 0.3) is 0 Å². The number of hydrogen-bond acceptors (Lipinski definition) is 7. The van der Waals surface area contributed by atoms with E-state index >= 15 is 0 Å². The molecule has 0 saturated heterocycles. The van der Waals surface area contributed by atoms with E-state index in [-0.39, 0.29) is 23.2 Å². The van der Waals surface area contributed by atoms with Gasteiger partial charge in [0.1, 0.15) is 17.0 Å². The van der Waals surface area contributed by atoms with Crippen molar-refractivity contribution in [1.29, 1.82) is 0 Å². The molecule has 1 aliphatic carbocycles. The van der Waals surface area contributed by atoms with Crippen LogP contribution in [0.25, 0.3) is 33.5 Å². The molecule has 2 unspecified atom stereocenters. The number of rotatable bonds is 4. The quantitative estimate of drug-likeness (QED) is 0.408. The number of nitrogens with zero attached hydrogens (tertiary/aromatic N) is 4. The number of aromatic amines is 1. The summed E-state index contributed by atoms with van der Waals surface area (Å²) in [5.74, 6) is 0.643. The van der Waals surface area contributed by atoms with Crippen molar-refractivity contribution in [3.05, 3.63) is 41.5 Å². The summed E-state index contributed by atoms with van der Waals surface area (Å²) < 4.78 is 46.6. The standard InChI is InChI=1S/C22H21F3N6O2/c1-10-18(11(2)33-31-10)16-7-6-12-13(8-26-20(12)28-16)19-14(22(23,24)25)9-27-21(30-19)29-15-4-3-5-17(15)32/h6-9,15,17,32H,3-5H2,1-2H3,(H,26,28)(H,27,29,30). The molecular weight excluding hydrogens is 437 g/mol. The first kappa shape index (κ1) is 21.4. The van der Waals surface area contributed by atoms with Gasteiger partial charge in [-0.1, -0.05) is 5.16 Å². The molecule has 1 fully saturated rings. The van der Waals surface area contributed by atoms with Gasteiger partial charge in [0, 0.05) is 23.3 Å². The Bertz CT molecular complexity index is 1310. The maximum Gasteiger partial charge on any atom is 0.419 e. The van der Waals surface area contributed by atoms with E-state index in [4.69, 9.17) is 4.52 Å². The van der Waals surface area contributed by atoms with E-state index in [2.05, 4.69) is 30.4 Å². The number of aliphatic hydroxyl groups excluding tert-OH is 1. The van der Waals surface area contributed by atoms with Crippen molar-refractivity contribution in [2.24, 2.45) is 0 Å². The monoisotopic (exact) mass is 458 g/mol. The smallest absolute Gasteiger partial charge is 0.391 e. The molecule has 0 bridgehead atoms. The number of fused-ring (bicyclic) bond motifs is 1. The molecule has 1 saturated carbocycles.